The van der Waals surface area contributed by atoms with Gasteiger partial charge in [-0.25, -0.2) is 0 Å². The van der Waals surface area contributed by atoms with Crippen LogP contribution in [-0.4, -0.2) is 53.7 Å². The van der Waals surface area contributed by atoms with E-state index in [1.165, 1.54) is 18.2 Å². The fourth-order valence-corrected chi connectivity index (χ4v) is 10.8. The van der Waals surface area contributed by atoms with Crippen molar-refractivity contribution in [3.05, 3.63) is 51.6 Å². The molecule has 93 heavy (non-hydrogen) atoms. The van der Waals surface area contributed by atoms with Crippen molar-refractivity contribution in [3.63, 3.8) is 0 Å². The fourth-order valence-electron chi connectivity index (χ4n) is 10.8. The Hall–Kier alpha value is -7.11. The lowest BCUT2D eigenvalue weighted by atomic mass is 9.92. The van der Waals surface area contributed by atoms with Crippen molar-refractivity contribution in [2.45, 2.75) is 313 Å². The molecule has 0 radical (unpaired) electrons. The summed E-state index contributed by atoms with van der Waals surface area (Å²) in [5, 5.41) is 0. The highest BCUT2D eigenvalue weighted by Crippen LogP contribution is 2.53. The van der Waals surface area contributed by atoms with Gasteiger partial charge in [-0.15, -0.1) is 0 Å². The molecule has 0 N–H and O–H groups in total. The van der Waals surface area contributed by atoms with Crippen molar-refractivity contribution in [2.75, 3.05) is 0 Å². The molecule has 0 atom stereocenters. The quantitative estimate of drug-likeness (QED) is 0.0227. The maximum Gasteiger partial charge on any atom is 0.311 e. The third-order valence-corrected chi connectivity index (χ3v) is 16.1. The molecule has 0 unspecified atom stereocenters. The molecule has 0 amide bonds. The number of fused-ring (bicyclic) bond motifs is 3. The average Bonchev–Trinajstić information content (AvgIpc) is 1.72. The van der Waals surface area contributed by atoms with Crippen molar-refractivity contribution in [1.29, 1.82) is 0 Å². The summed E-state index contributed by atoms with van der Waals surface area (Å²) < 4.78 is 57.2. The van der Waals surface area contributed by atoms with Gasteiger partial charge in [0.15, 0.2) is 34.5 Å². The van der Waals surface area contributed by atoms with Gasteiger partial charge in [-0.05, 0) is 92.7 Å². The van der Waals surface area contributed by atoms with Crippen LogP contribution in [0.15, 0.2) is 18.2 Å². The van der Waals surface area contributed by atoms with E-state index in [4.69, 9.17) is 42.6 Å². The SMILES string of the molecule is CCCCCC(=O)Oc1cc2c(c(OC(=O)CCCCC)c1OC(=O)CCCCC)Cc1cc(OC(=O)CCCCC)c(OC(=O)CCCCC)c(OC(=O)CCCCC)c1Cc1cc(OC(=O)CCCCC)c(OC(=O)CCCCC)c(OC(=O)CCCCC)c1C2. The van der Waals surface area contributed by atoms with Crippen LogP contribution in [0.2, 0.25) is 0 Å². The molecule has 0 spiro atoms. The molecule has 0 heterocycles. The van der Waals surface area contributed by atoms with Crippen LogP contribution in [0, 0.1) is 0 Å². The molecule has 0 fully saturated rings. The minimum absolute atomic E-state index is 0.0202. The molecule has 3 aromatic rings. The van der Waals surface area contributed by atoms with Crippen LogP contribution in [0.25, 0.3) is 0 Å². The summed E-state index contributed by atoms with van der Waals surface area (Å²) in [4.78, 5) is 129. The Labute approximate surface area is 553 Å². The van der Waals surface area contributed by atoms with E-state index >= 15 is 0 Å². The van der Waals surface area contributed by atoms with Gasteiger partial charge in [-0.1, -0.05) is 178 Å². The molecule has 0 aromatic heterocycles. The molecular formula is C75H108O18. The van der Waals surface area contributed by atoms with Crippen LogP contribution >= 0.6 is 0 Å². The Morgan fingerprint density at radius 3 is 0.538 bits per heavy atom. The van der Waals surface area contributed by atoms with Crippen LogP contribution in [0.4, 0.5) is 0 Å². The molecule has 0 aliphatic heterocycles. The van der Waals surface area contributed by atoms with Gasteiger partial charge in [0.05, 0.1) is 0 Å². The zero-order valence-corrected chi connectivity index (χ0v) is 57.7. The zero-order valence-electron chi connectivity index (χ0n) is 57.7. The third kappa shape index (κ3) is 27.4. The van der Waals surface area contributed by atoms with E-state index < -0.39 is 53.7 Å². The molecule has 4 rings (SSSR count). The van der Waals surface area contributed by atoms with E-state index in [2.05, 4.69) is 0 Å². The first-order chi connectivity index (χ1) is 45.0. The maximum absolute atomic E-state index is 14.6. The van der Waals surface area contributed by atoms with Gasteiger partial charge < -0.3 is 42.6 Å². The summed E-state index contributed by atoms with van der Waals surface area (Å²) in [7, 11) is 0. The van der Waals surface area contributed by atoms with Gasteiger partial charge in [0.2, 0.25) is 17.2 Å². The Balaban J connectivity index is 2.47. The Morgan fingerprint density at radius 1 is 0.226 bits per heavy atom. The molecule has 0 bridgehead atoms. The lowest BCUT2D eigenvalue weighted by Gasteiger charge is -2.23. The van der Waals surface area contributed by atoms with Crippen molar-refractivity contribution in [2.24, 2.45) is 0 Å². The molecule has 1 aliphatic rings. The zero-order chi connectivity index (χ0) is 67.9. The van der Waals surface area contributed by atoms with Crippen molar-refractivity contribution in [3.8, 4) is 51.7 Å². The summed E-state index contributed by atoms with van der Waals surface area (Å²) in [5.41, 5.74) is 1.30. The number of carbonyl (C=O) groups is 9. The van der Waals surface area contributed by atoms with E-state index in [1.807, 2.05) is 62.3 Å². The Kier molecular flexibility index (Phi) is 37.5. The minimum Gasteiger partial charge on any atom is -0.422 e. The predicted molar refractivity (Wildman–Crippen MR) is 356 cm³/mol. The van der Waals surface area contributed by atoms with E-state index in [1.54, 1.807) is 0 Å². The van der Waals surface area contributed by atoms with Crippen molar-refractivity contribution < 1.29 is 85.8 Å². The third-order valence-electron chi connectivity index (χ3n) is 16.1. The van der Waals surface area contributed by atoms with Crippen LogP contribution < -0.4 is 42.6 Å². The van der Waals surface area contributed by atoms with E-state index in [0.717, 1.165) is 57.8 Å². The van der Waals surface area contributed by atoms with Crippen LogP contribution in [-0.2, 0) is 62.4 Å². The molecule has 0 saturated heterocycles. The summed E-state index contributed by atoms with van der Waals surface area (Å²) in [5.74, 6) is -8.97. The van der Waals surface area contributed by atoms with Gasteiger partial charge in [0, 0.05) is 93.7 Å². The van der Waals surface area contributed by atoms with Gasteiger partial charge in [0.1, 0.15) is 0 Å². The van der Waals surface area contributed by atoms with E-state index in [0.29, 0.717) is 116 Å². The number of esters is 9. The van der Waals surface area contributed by atoms with Gasteiger partial charge in [0.25, 0.3) is 0 Å². The van der Waals surface area contributed by atoms with Gasteiger partial charge in [-0.3, -0.25) is 43.2 Å². The lowest BCUT2D eigenvalue weighted by molar-refractivity contribution is -0.138. The fraction of sp³-hybridized carbons (Fsp3) is 0.640. The highest BCUT2D eigenvalue weighted by atomic mass is 16.6. The number of benzene rings is 3. The van der Waals surface area contributed by atoms with Crippen LogP contribution in [0.5, 0.6) is 51.7 Å². The molecule has 516 valence electrons. The highest BCUT2D eigenvalue weighted by molar-refractivity contribution is 5.86. The minimum atomic E-state index is -0.709. The lowest BCUT2D eigenvalue weighted by Crippen LogP contribution is -2.18. The Morgan fingerprint density at radius 2 is 0.376 bits per heavy atom. The average molecular weight is 1300 g/mol. The number of ether oxygens (including phenoxy) is 9. The van der Waals surface area contributed by atoms with Crippen molar-refractivity contribution >= 4 is 53.7 Å². The number of rotatable bonds is 45. The highest BCUT2D eigenvalue weighted by Gasteiger charge is 2.36. The first-order valence-electron chi connectivity index (χ1n) is 35.4. The molecule has 3 aromatic carbocycles. The van der Waals surface area contributed by atoms with Gasteiger partial charge >= 0.3 is 53.7 Å². The Bertz CT molecular complexity index is 2610. The van der Waals surface area contributed by atoms with Crippen LogP contribution in [0.1, 0.15) is 327 Å². The summed E-state index contributed by atoms with van der Waals surface area (Å²) in [6.07, 6.45) is 16.2. The monoisotopic (exact) mass is 1300 g/mol. The number of carbonyl (C=O) groups excluding carboxylic acids is 9. The summed E-state index contributed by atoms with van der Waals surface area (Å²) >= 11 is 0. The standard InChI is InChI=1S/C75H108O18/c1-10-19-28-37-61(76)85-58-49-52-46-56-54(51-60(87-63(78)39-30-21-12-3)74(92-68(83)44-35-26-17-8)71(56)89-65(80)41-32-23-14-5)48-57-53(47-55(52)70(88-64(79)40-31-22-13-4)73(58)91-67(82)43-34-25-16-7)50-59(86-62(77)38-29-20-11-2)75(93-69(84)45-36-27-18-9)72(57)90-66(81)42-33-24-15-6/h49-51H,10-48H2,1-9H3. The largest absolute Gasteiger partial charge is 0.422 e. The molecule has 18 heteroatoms. The summed E-state index contributed by atoms with van der Waals surface area (Å²) in [6.45, 7) is 17.9. The maximum atomic E-state index is 14.6. The molecular weight excluding hydrogens is 1190 g/mol. The molecule has 0 saturated carbocycles. The molecule has 1 aliphatic carbocycles. The first-order valence-corrected chi connectivity index (χ1v) is 35.4. The number of hydrogen-bond donors (Lipinski definition) is 0. The van der Waals surface area contributed by atoms with Crippen molar-refractivity contribution in [1.82, 2.24) is 0 Å². The molecule has 18 nitrogen and oxygen atoms in total. The smallest absolute Gasteiger partial charge is 0.311 e. The first kappa shape index (κ1) is 78.3. The number of hydrogen-bond acceptors (Lipinski definition) is 18. The topological polar surface area (TPSA) is 237 Å². The number of unbranched alkanes of at least 4 members (excludes halogenated alkanes) is 18. The second-order valence-corrected chi connectivity index (χ2v) is 24.4. The van der Waals surface area contributed by atoms with E-state index in [-0.39, 0.29) is 162 Å². The second-order valence-electron chi connectivity index (χ2n) is 24.4. The predicted octanol–water partition coefficient (Wildman–Crippen LogP) is 18.1. The van der Waals surface area contributed by atoms with Crippen LogP contribution in [0.3, 0.4) is 0 Å². The van der Waals surface area contributed by atoms with Gasteiger partial charge in [-0.2, -0.15) is 0 Å². The summed E-state index contributed by atoms with van der Waals surface area (Å²) in [6, 6.07) is 4.52. The normalized spacial score (nSPS) is 11.6. The van der Waals surface area contributed by atoms with E-state index in [9.17, 15) is 43.2 Å². The second kappa shape index (κ2) is 44.5.